The zero-order valence-corrected chi connectivity index (χ0v) is 12.9. The number of nitrogen functional groups attached to an aromatic ring is 1. The fourth-order valence-electron chi connectivity index (χ4n) is 2.08. The van der Waals surface area contributed by atoms with Crippen molar-refractivity contribution in [2.75, 3.05) is 11.1 Å². The van der Waals surface area contributed by atoms with E-state index >= 15 is 0 Å². The first-order valence-electron chi connectivity index (χ1n) is 6.83. The number of anilines is 2. The van der Waals surface area contributed by atoms with Gasteiger partial charge in [-0.3, -0.25) is 4.79 Å². The Labute approximate surface area is 129 Å². The number of hydrogen-bond acceptors (Lipinski definition) is 3. The predicted molar refractivity (Wildman–Crippen MR) is 85.4 cm³/mol. The molecule has 6 heteroatoms. The second-order valence-corrected chi connectivity index (χ2v) is 5.60. The number of carbonyl (C=O) groups excluding carboxylic acids is 1. The van der Waals surface area contributed by atoms with Crippen LogP contribution in [-0.4, -0.2) is 15.5 Å². The van der Waals surface area contributed by atoms with Gasteiger partial charge in [0.25, 0.3) is 0 Å². The van der Waals surface area contributed by atoms with Crippen LogP contribution in [0.4, 0.5) is 11.4 Å². The second-order valence-electron chi connectivity index (χ2n) is 5.16. The van der Waals surface area contributed by atoms with Crippen LogP contribution < -0.4 is 11.1 Å². The number of amides is 1. The van der Waals surface area contributed by atoms with Gasteiger partial charge in [0.05, 0.1) is 11.4 Å². The zero-order chi connectivity index (χ0) is 15.4. The number of nitrogens with zero attached hydrogens (tertiary/aromatic N) is 2. The number of hydrogen-bond donors (Lipinski definition) is 2. The van der Waals surface area contributed by atoms with Crippen LogP contribution in [-0.2, 0) is 11.3 Å². The average molecular weight is 307 g/mol. The third kappa shape index (κ3) is 3.98. The fourth-order valence-corrected chi connectivity index (χ4v) is 2.25. The Balaban J connectivity index is 1.96. The minimum absolute atomic E-state index is 0.104. The van der Waals surface area contributed by atoms with Crippen molar-refractivity contribution < 1.29 is 4.79 Å². The van der Waals surface area contributed by atoms with Crippen molar-refractivity contribution in [2.45, 2.75) is 32.7 Å². The van der Waals surface area contributed by atoms with Crippen LogP contribution in [0.25, 0.3) is 0 Å². The van der Waals surface area contributed by atoms with E-state index < -0.39 is 0 Å². The molecular formula is C15H19ClN4O. The molecule has 0 unspecified atom stereocenters. The van der Waals surface area contributed by atoms with Crippen LogP contribution in [0.1, 0.15) is 32.0 Å². The normalized spacial score (nSPS) is 10.9. The number of nitrogens with one attached hydrogen (secondary N) is 1. The van der Waals surface area contributed by atoms with Gasteiger partial charge >= 0.3 is 0 Å². The summed E-state index contributed by atoms with van der Waals surface area (Å²) in [6, 6.07) is 5.00. The van der Waals surface area contributed by atoms with E-state index in [9.17, 15) is 4.79 Å². The number of halogens is 1. The molecule has 1 heterocycles. The van der Waals surface area contributed by atoms with Gasteiger partial charge in [-0.15, -0.1) is 0 Å². The van der Waals surface area contributed by atoms with Crippen LogP contribution in [0.5, 0.6) is 0 Å². The highest BCUT2D eigenvalue weighted by Crippen LogP contribution is 2.23. The predicted octanol–water partition coefficient (Wildman–Crippen LogP) is 3.27. The largest absolute Gasteiger partial charge is 0.397 e. The lowest BCUT2D eigenvalue weighted by Gasteiger charge is -2.11. The molecule has 1 aromatic carbocycles. The van der Waals surface area contributed by atoms with Crippen molar-refractivity contribution in [3.8, 4) is 0 Å². The van der Waals surface area contributed by atoms with Gasteiger partial charge in [0, 0.05) is 36.3 Å². The molecule has 0 aliphatic rings. The quantitative estimate of drug-likeness (QED) is 0.833. The Morgan fingerprint density at radius 3 is 2.95 bits per heavy atom. The summed E-state index contributed by atoms with van der Waals surface area (Å²) in [5.74, 6) is 1.20. The molecule has 0 atom stereocenters. The Morgan fingerprint density at radius 2 is 2.24 bits per heavy atom. The van der Waals surface area contributed by atoms with Gasteiger partial charge in [0.1, 0.15) is 5.82 Å². The Kier molecular flexibility index (Phi) is 4.85. The van der Waals surface area contributed by atoms with E-state index in [0.717, 1.165) is 5.82 Å². The maximum absolute atomic E-state index is 12.0. The van der Waals surface area contributed by atoms with E-state index in [2.05, 4.69) is 24.1 Å². The molecule has 5 nitrogen and oxygen atoms in total. The third-order valence-corrected chi connectivity index (χ3v) is 3.37. The maximum atomic E-state index is 12.0. The third-order valence-electron chi connectivity index (χ3n) is 3.13. The lowest BCUT2D eigenvalue weighted by Crippen LogP contribution is -2.16. The standard InChI is InChI=1S/C15H19ClN4O/c1-10(2)15-18-6-8-20(15)7-5-14(21)19-13-9-11(16)3-4-12(13)17/h3-4,6,8-10H,5,7,17H2,1-2H3,(H,19,21). The summed E-state index contributed by atoms with van der Waals surface area (Å²) in [5.41, 5.74) is 6.85. The molecule has 0 aliphatic heterocycles. The molecule has 0 bridgehead atoms. The number of carbonyl (C=O) groups is 1. The van der Waals surface area contributed by atoms with Gasteiger partial charge in [0.15, 0.2) is 0 Å². The first kappa shape index (κ1) is 15.4. The number of rotatable bonds is 5. The molecule has 112 valence electrons. The van der Waals surface area contributed by atoms with E-state index in [4.69, 9.17) is 17.3 Å². The van der Waals surface area contributed by atoms with E-state index in [1.54, 1.807) is 24.4 Å². The molecular weight excluding hydrogens is 288 g/mol. The van der Waals surface area contributed by atoms with E-state index in [0.29, 0.717) is 35.3 Å². The minimum atomic E-state index is -0.104. The van der Waals surface area contributed by atoms with Crippen molar-refractivity contribution in [2.24, 2.45) is 0 Å². The molecule has 0 spiro atoms. The molecule has 1 aromatic heterocycles. The van der Waals surface area contributed by atoms with Crippen LogP contribution in [0.2, 0.25) is 5.02 Å². The van der Waals surface area contributed by atoms with Crippen LogP contribution >= 0.6 is 11.6 Å². The van der Waals surface area contributed by atoms with Crippen molar-refractivity contribution in [3.63, 3.8) is 0 Å². The van der Waals surface area contributed by atoms with Gasteiger partial charge in [-0.05, 0) is 18.2 Å². The molecule has 0 aliphatic carbocycles. The first-order chi connectivity index (χ1) is 9.97. The zero-order valence-electron chi connectivity index (χ0n) is 12.1. The first-order valence-corrected chi connectivity index (χ1v) is 7.21. The molecule has 2 rings (SSSR count). The summed E-state index contributed by atoms with van der Waals surface area (Å²) in [4.78, 5) is 16.3. The number of benzene rings is 1. The number of aryl methyl sites for hydroxylation is 1. The molecule has 2 aromatic rings. The smallest absolute Gasteiger partial charge is 0.226 e. The van der Waals surface area contributed by atoms with Gasteiger partial charge < -0.3 is 15.6 Å². The summed E-state index contributed by atoms with van der Waals surface area (Å²) >= 11 is 5.89. The molecule has 0 fully saturated rings. The van der Waals surface area contributed by atoms with E-state index in [1.165, 1.54) is 0 Å². The highest BCUT2D eigenvalue weighted by Gasteiger charge is 2.10. The minimum Gasteiger partial charge on any atom is -0.397 e. The van der Waals surface area contributed by atoms with Crippen molar-refractivity contribution >= 4 is 28.9 Å². The summed E-state index contributed by atoms with van der Waals surface area (Å²) in [6.07, 6.45) is 3.99. The molecule has 3 N–H and O–H groups in total. The van der Waals surface area contributed by atoms with Gasteiger partial charge in [-0.25, -0.2) is 4.98 Å². The molecule has 0 radical (unpaired) electrons. The molecule has 21 heavy (non-hydrogen) atoms. The lowest BCUT2D eigenvalue weighted by atomic mass is 10.2. The number of imidazole rings is 1. The topological polar surface area (TPSA) is 72.9 Å². The number of nitrogens with two attached hydrogens (primary N) is 1. The van der Waals surface area contributed by atoms with Gasteiger partial charge in [0.2, 0.25) is 5.91 Å². The monoisotopic (exact) mass is 306 g/mol. The van der Waals surface area contributed by atoms with Crippen LogP contribution in [0, 0.1) is 0 Å². The Bertz CT molecular complexity index is 636. The number of aromatic nitrogens is 2. The molecule has 1 amide bonds. The Morgan fingerprint density at radius 1 is 1.48 bits per heavy atom. The fraction of sp³-hybridized carbons (Fsp3) is 0.333. The van der Waals surface area contributed by atoms with Crippen molar-refractivity contribution in [1.29, 1.82) is 0 Å². The summed E-state index contributed by atoms with van der Waals surface area (Å²) in [5, 5.41) is 3.32. The summed E-state index contributed by atoms with van der Waals surface area (Å²) in [6.45, 7) is 4.73. The highest BCUT2D eigenvalue weighted by atomic mass is 35.5. The van der Waals surface area contributed by atoms with E-state index in [-0.39, 0.29) is 5.91 Å². The van der Waals surface area contributed by atoms with E-state index in [1.807, 2.05) is 10.8 Å². The van der Waals surface area contributed by atoms with Crippen molar-refractivity contribution in [1.82, 2.24) is 9.55 Å². The van der Waals surface area contributed by atoms with Crippen LogP contribution in [0.15, 0.2) is 30.6 Å². The summed E-state index contributed by atoms with van der Waals surface area (Å²) < 4.78 is 1.99. The van der Waals surface area contributed by atoms with Crippen LogP contribution in [0.3, 0.4) is 0 Å². The lowest BCUT2D eigenvalue weighted by molar-refractivity contribution is -0.116. The highest BCUT2D eigenvalue weighted by molar-refractivity contribution is 6.31. The second kappa shape index (κ2) is 6.63. The van der Waals surface area contributed by atoms with Crippen molar-refractivity contribution in [3.05, 3.63) is 41.4 Å². The average Bonchev–Trinajstić information content (AvgIpc) is 2.89. The summed E-state index contributed by atoms with van der Waals surface area (Å²) in [7, 11) is 0. The SMILES string of the molecule is CC(C)c1nccn1CCC(=O)Nc1cc(Cl)ccc1N. The van der Waals surface area contributed by atoms with Gasteiger partial charge in [-0.1, -0.05) is 25.4 Å². The molecule has 0 saturated carbocycles. The van der Waals surface area contributed by atoms with Gasteiger partial charge in [-0.2, -0.15) is 0 Å². The maximum Gasteiger partial charge on any atom is 0.226 e. The Hall–Kier alpha value is -2.01. The molecule has 0 saturated heterocycles.